The second-order valence-electron chi connectivity index (χ2n) is 7.80. The van der Waals surface area contributed by atoms with E-state index in [2.05, 4.69) is 20.8 Å². The summed E-state index contributed by atoms with van der Waals surface area (Å²) in [4.78, 5) is 9.44. The maximum Gasteiger partial charge on any atom is 0.133 e. The molecule has 0 aliphatic heterocycles. The molecule has 0 spiro atoms. The Bertz CT molecular complexity index is 1240. The highest BCUT2D eigenvalue weighted by molar-refractivity contribution is 6.02. The zero-order valence-electron chi connectivity index (χ0n) is 16.2. The van der Waals surface area contributed by atoms with E-state index in [9.17, 15) is 10.4 Å². The van der Waals surface area contributed by atoms with Gasteiger partial charge >= 0.3 is 0 Å². The Balaban J connectivity index is 1.73. The van der Waals surface area contributed by atoms with Gasteiger partial charge in [-0.25, -0.2) is 4.98 Å². The molecule has 3 heterocycles. The molecule has 0 atom stereocenters. The summed E-state index contributed by atoms with van der Waals surface area (Å²) in [5.41, 5.74) is 4.10. The van der Waals surface area contributed by atoms with Crippen LogP contribution in [0.2, 0.25) is 0 Å². The molecule has 1 aliphatic rings. The molecule has 1 aromatic carbocycles. The number of aliphatic hydroxyl groups is 1. The van der Waals surface area contributed by atoms with Crippen molar-refractivity contribution in [2.45, 2.75) is 51.2 Å². The number of imidazole rings is 1. The number of benzene rings is 1. The average Bonchev–Trinajstić information content (AvgIpc) is 3.31. The highest BCUT2D eigenvalue weighted by Gasteiger charge is 2.26. The molecule has 146 valence electrons. The lowest BCUT2D eigenvalue weighted by Gasteiger charge is -2.28. The summed E-state index contributed by atoms with van der Waals surface area (Å²) in [6.45, 7) is 1.88. The standard InChI is InChI=1S/C22H21N5O2/c1-13-8-15(26-29-13)10-21-25-20-12-24-19-7-2-14(11-23)9-18(19)22(20)27(21)16-3-5-17(28)6-4-16/h2,7-9,12,16-17,28H,3-6,10H2,1H3. The molecule has 4 aromatic rings. The summed E-state index contributed by atoms with van der Waals surface area (Å²) in [6.07, 6.45) is 5.46. The highest BCUT2D eigenvalue weighted by atomic mass is 16.5. The van der Waals surface area contributed by atoms with Crippen molar-refractivity contribution in [3.8, 4) is 6.07 Å². The van der Waals surface area contributed by atoms with Gasteiger partial charge in [0.1, 0.15) is 17.1 Å². The van der Waals surface area contributed by atoms with Gasteiger partial charge in [-0.1, -0.05) is 5.16 Å². The quantitative estimate of drug-likeness (QED) is 0.573. The molecular formula is C22H21N5O2. The Morgan fingerprint density at radius 1 is 1.21 bits per heavy atom. The van der Waals surface area contributed by atoms with Crippen LogP contribution < -0.4 is 0 Å². The second-order valence-corrected chi connectivity index (χ2v) is 7.80. The van der Waals surface area contributed by atoms with Crippen molar-refractivity contribution in [1.29, 1.82) is 5.26 Å². The van der Waals surface area contributed by atoms with Crippen molar-refractivity contribution in [2.75, 3.05) is 0 Å². The van der Waals surface area contributed by atoms with E-state index in [1.165, 1.54) is 0 Å². The van der Waals surface area contributed by atoms with Crippen LogP contribution in [0.25, 0.3) is 21.9 Å². The number of aliphatic hydroxyl groups excluding tert-OH is 1. The van der Waals surface area contributed by atoms with Gasteiger partial charge in [-0.05, 0) is 50.8 Å². The minimum absolute atomic E-state index is 0.230. The molecule has 7 nitrogen and oxygen atoms in total. The molecule has 0 radical (unpaired) electrons. The molecule has 1 saturated carbocycles. The SMILES string of the molecule is Cc1cc(Cc2nc3cnc4ccc(C#N)cc4c3n2C2CCC(O)CC2)no1. The summed E-state index contributed by atoms with van der Waals surface area (Å²) in [6, 6.07) is 9.96. The van der Waals surface area contributed by atoms with Crippen LogP contribution in [0.1, 0.15) is 54.6 Å². The number of rotatable bonds is 3. The summed E-state index contributed by atoms with van der Waals surface area (Å²) in [7, 11) is 0. The average molecular weight is 387 g/mol. The molecule has 0 saturated heterocycles. The topological polar surface area (TPSA) is 101 Å². The molecule has 0 bridgehead atoms. The maximum atomic E-state index is 9.99. The largest absolute Gasteiger partial charge is 0.393 e. The molecule has 1 aliphatic carbocycles. The van der Waals surface area contributed by atoms with Crippen molar-refractivity contribution in [2.24, 2.45) is 0 Å². The fourth-order valence-corrected chi connectivity index (χ4v) is 4.39. The molecule has 3 aromatic heterocycles. The fourth-order valence-electron chi connectivity index (χ4n) is 4.39. The first kappa shape index (κ1) is 17.8. The third-order valence-corrected chi connectivity index (χ3v) is 5.77. The number of pyridine rings is 1. The van der Waals surface area contributed by atoms with Crippen molar-refractivity contribution in [1.82, 2.24) is 19.7 Å². The van der Waals surface area contributed by atoms with E-state index >= 15 is 0 Å². The van der Waals surface area contributed by atoms with E-state index in [1.54, 1.807) is 12.3 Å². The second kappa shape index (κ2) is 6.98. The van der Waals surface area contributed by atoms with Gasteiger partial charge in [0, 0.05) is 17.5 Å². The van der Waals surface area contributed by atoms with Gasteiger partial charge in [0.2, 0.25) is 0 Å². The van der Waals surface area contributed by atoms with Crippen LogP contribution in [0.4, 0.5) is 0 Å². The zero-order chi connectivity index (χ0) is 20.0. The van der Waals surface area contributed by atoms with Gasteiger partial charge < -0.3 is 14.2 Å². The number of nitriles is 1. The summed E-state index contributed by atoms with van der Waals surface area (Å²) >= 11 is 0. The first-order valence-electron chi connectivity index (χ1n) is 9.92. The number of nitrogens with zero attached hydrogens (tertiary/aromatic N) is 5. The van der Waals surface area contributed by atoms with Crippen LogP contribution in [-0.4, -0.2) is 30.9 Å². The van der Waals surface area contributed by atoms with E-state index in [0.717, 1.165) is 64.9 Å². The number of hydrogen-bond donors (Lipinski definition) is 1. The molecule has 7 heteroatoms. The van der Waals surface area contributed by atoms with E-state index in [1.807, 2.05) is 25.1 Å². The van der Waals surface area contributed by atoms with Crippen LogP contribution in [-0.2, 0) is 6.42 Å². The Morgan fingerprint density at radius 3 is 2.76 bits per heavy atom. The molecule has 1 N–H and O–H groups in total. The number of hydrogen-bond acceptors (Lipinski definition) is 6. The van der Waals surface area contributed by atoms with Gasteiger partial charge in [-0.15, -0.1) is 0 Å². The number of aryl methyl sites for hydroxylation is 1. The molecule has 1 fully saturated rings. The van der Waals surface area contributed by atoms with Crippen molar-refractivity contribution < 1.29 is 9.63 Å². The Kier molecular flexibility index (Phi) is 4.29. The molecule has 29 heavy (non-hydrogen) atoms. The minimum Gasteiger partial charge on any atom is -0.393 e. The molecule has 0 unspecified atom stereocenters. The van der Waals surface area contributed by atoms with Gasteiger partial charge in [-0.3, -0.25) is 4.98 Å². The van der Waals surface area contributed by atoms with Crippen LogP contribution in [0.3, 0.4) is 0 Å². The highest BCUT2D eigenvalue weighted by Crippen LogP contribution is 2.36. The predicted molar refractivity (Wildman–Crippen MR) is 107 cm³/mol. The Labute approximate surface area is 167 Å². The number of fused-ring (bicyclic) bond motifs is 3. The normalized spacial score (nSPS) is 19.6. The minimum atomic E-state index is -0.230. The lowest BCUT2D eigenvalue weighted by Crippen LogP contribution is -2.22. The lowest BCUT2D eigenvalue weighted by molar-refractivity contribution is 0.111. The summed E-state index contributed by atoms with van der Waals surface area (Å²) in [5.74, 6) is 1.68. The Hall–Kier alpha value is -3.24. The molecule has 5 rings (SSSR count). The van der Waals surface area contributed by atoms with Gasteiger partial charge in [-0.2, -0.15) is 5.26 Å². The summed E-state index contributed by atoms with van der Waals surface area (Å²) < 4.78 is 7.53. The van der Waals surface area contributed by atoms with Gasteiger partial charge in [0.25, 0.3) is 0 Å². The Morgan fingerprint density at radius 2 is 2.03 bits per heavy atom. The third kappa shape index (κ3) is 3.15. The first-order valence-corrected chi connectivity index (χ1v) is 9.92. The van der Waals surface area contributed by atoms with Crippen molar-refractivity contribution >= 4 is 21.9 Å². The lowest BCUT2D eigenvalue weighted by atomic mass is 9.92. The van der Waals surface area contributed by atoms with E-state index in [0.29, 0.717) is 12.0 Å². The van der Waals surface area contributed by atoms with Crippen molar-refractivity contribution in [3.05, 3.63) is 53.3 Å². The molecule has 0 amide bonds. The summed E-state index contributed by atoms with van der Waals surface area (Å²) in [5, 5.41) is 24.4. The van der Waals surface area contributed by atoms with Crippen molar-refractivity contribution in [3.63, 3.8) is 0 Å². The zero-order valence-corrected chi connectivity index (χ0v) is 16.2. The van der Waals surface area contributed by atoms with Crippen LogP contribution >= 0.6 is 0 Å². The van der Waals surface area contributed by atoms with Gasteiger partial charge in [0.05, 0.1) is 47.1 Å². The first-order chi connectivity index (χ1) is 14.1. The van der Waals surface area contributed by atoms with Crippen LogP contribution in [0, 0.1) is 18.3 Å². The van der Waals surface area contributed by atoms with Gasteiger partial charge in [0.15, 0.2) is 0 Å². The monoisotopic (exact) mass is 387 g/mol. The maximum absolute atomic E-state index is 9.99. The smallest absolute Gasteiger partial charge is 0.133 e. The van der Waals surface area contributed by atoms with E-state index in [-0.39, 0.29) is 12.1 Å². The van der Waals surface area contributed by atoms with Crippen LogP contribution in [0.5, 0.6) is 0 Å². The molecular weight excluding hydrogens is 366 g/mol. The van der Waals surface area contributed by atoms with Crippen LogP contribution in [0.15, 0.2) is 35.0 Å². The predicted octanol–water partition coefficient (Wildman–Crippen LogP) is 3.82. The fraction of sp³-hybridized carbons (Fsp3) is 0.364. The van der Waals surface area contributed by atoms with E-state index < -0.39 is 0 Å². The third-order valence-electron chi connectivity index (χ3n) is 5.77. The van der Waals surface area contributed by atoms with E-state index in [4.69, 9.17) is 9.51 Å². The number of aromatic nitrogens is 4.